The van der Waals surface area contributed by atoms with Gasteiger partial charge in [-0.05, 0) is 37.6 Å². The molecule has 0 spiro atoms. The molecule has 7 heteroatoms. The number of anilines is 1. The smallest absolute Gasteiger partial charge is 0.244 e. The van der Waals surface area contributed by atoms with E-state index < -0.39 is 0 Å². The molecule has 2 amide bonds. The average molecular weight is 358 g/mol. The minimum Gasteiger partial charge on any atom is -0.333 e. The molecule has 0 radical (unpaired) electrons. The molecule has 0 bridgehead atoms. The molecule has 1 aromatic carbocycles. The number of nitrogens with zero attached hydrogens (tertiary/aromatic N) is 1. The largest absolute Gasteiger partial charge is 0.333 e. The van der Waals surface area contributed by atoms with Crippen molar-refractivity contribution in [3.05, 3.63) is 28.2 Å². The third kappa shape index (κ3) is 5.09. The van der Waals surface area contributed by atoms with E-state index in [0.717, 1.165) is 19.4 Å². The first-order valence-electron chi connectivity index (χ1n) is 7.75. The summed E-state index contributed by atoms with van der Waals surface area (Å²) in [4.78, 5) is 26.4. The number of rotatable bonds is 6. The normalized spacial score (nSPS) is 17.1. The van der Waals surface area contributed by atoms with Crippen LogP contribution >= 0.6 is 23.2 Å². The molecule has 1 atom stereocenters. The van der Waals surface area contributed by atoms with Crippen molar-refractivity contribution >= 4 is 40.7 Å². The van der Waals surface area contributed by atoms with E-state index >= 15 is 0 Å². The lowest BCUT2D eigenvalue weighted by Gasteiger charge is -2.24. The van der Waals surface area contributed by atoms with Crippen LogP contribution < -0.4 is 10.6 Å². The van der Waals surface area contributed by atoms with Gasteiger partial charge in [-0.1, -0.05) is 30.1 Å². The number of carbonyl (C=O) groups excluding carboxylic acids is 2. The highest BCUT2D eigenvalue weighted by Gasteiger charge is 2.27. The van der Waals surface area contributed by atoms with E-state index in [1.807, 2.05) is 6.92 Å². The van der Waals surface area contributed by atoms with Gasteiger partial charge >= 0.3 is 0 Å². The number of nitrogens with one attached hydrogen (secondary N) is 2. The average Bonchev–Trinajstić information content (AvgIpc) is 3.04. The van der Waals surface area contributed by atoms with E-state index in [-0.39, 0.29) is 24.3 Å². The third-order valence-corrected chi connectivity index (χ3v) is 4.32. The molecular formula is C16H21Cl2N3O2. The number of halogens is 2. The molecule has 1 aliphatic rings. The topological polar surface area (TPSA) is 61.4 Å². The number of amides is 2. The maximum absolute atomic E-state index is 12.5. The Kier molecular flexibility index (Phi) is 6.69. The lowest BCUT2D eigenvalue weighted by molar-refractivity contribution is -0.137. The molecular weight excluding hydrogens is 337 g/mol. The Hall–Kier alpha value is -1.30. The van der Waals surface area contributed by atoms with Gasteiger partial charge in [0.15, 0.2) is 0 Å². The summed E-state index contributed by atoms with van der Waals surface area (Å²) < 4.78 is 0. The summed E-state index contributed by atoms with van der Waals surface area (Å²) in [5, 5.41) is 6.80. The van der Waals surface area contributed by atoms with Crippen molar-refractivity contribution in [2.45, 2.75) is 19.8 Å². The zero-order chi connectivity index (χ0) is 16.8. The van der Waals surface area contributed by atoms with Gasteiger partial charge in [0, 0.05) is 18.1 Å². The second-order valence-corrected chi connectivity index (χ2v) is 6.47. The van der Waals surface area contributed by atoms with Gasteiger partial charge in [0.1, 0.15) is 0 Å². The summed E-state index contributed by atoms with van der Waals surface area (Å²) in [6, 6.07) is 4.87. The quantitative estimate of drug-likeness (QED) is 0.822. The zero-order valence-corrected chi connectivity index (χ0v) is 14.6. The lowest BCUT2D eigenvalue weighted by atomic mass is 10.1. The van der Waals surface area contributed by atoms with Gasteiger partial charge in [0.05, 0.1) is 23.2 Å². The predicted molar refractivity (Wildman–Crippen MR) is 92.9 cm³/mol. The van der Waals surface area contributed by atoms with Gasteiger partial charge in [-0.25, -0.2) is 0 Å². The highest BCUT2D eigenvalue weighted by molar-refractivity contribution is 6.35. The van der Waals surface area contributed by atoms with E-state index in [1.54, 1.807) is 23.1 Å². The monoisotopic (exact) mass is 357 g/mol. The minimum atomic E-state index is -0.276. The first-order valence-corrected chi connectivity index (χ1v) is 8.51. The van der Waals surface area contributed by atoms with Crippen LogP contribution in [0.1, 0.15) is 19.8 Å². The van der Waals surface area contributed by atoms with Gasteiger partial charge in [0.25, 0.3) is 0 Å². The fourth-order valence-corrected chi connectivity index (χ4v) is 2.95. The Balaban J connectivity index is 1.99. The van der Waals surface area contributed by atoms with Gasteiger partial charge in [0.2, 0.25) is 11.8 Å². The molecule has 2 rings (SSSR count). The second kappa shape index (κ2) is 8.52. The summed E-state index contributed by atoms with van der Waals surface area (Å²) in [5.74, 6) is -0.282. The van der Waals surface area contributed by atoms with Crippen molar-refractivity contribution in [3.63, 3.8) is 0 Å². The standard InChI is InChI=1S/C16H21Cl2N3O2/c1-2-7-21(16(23)11-5-6-19-9-11)10-15(22)20-14-8-12(17)3-4-13(14)18/h3-4,8,11,19H,2,5-7,9-10H2,1H3,(H,20,22). The summed E-state index contributed by atoms with van der Waals surface area (Å²) in [6.45, 7) is 4.10. The van der Waals surface area contributed by atoms with E-state index in [1.165, 1.54) is 0 Å². The molecule has 126 valence electrons. The third-order valence-electron chi connectivity index (χ3n) is 3.75. The maximum Gasteiger partial charge on any atom is 0.244 e. The molecule has 1 fully saturated rings. The number of hydrogen-bond acceptors (Lipinski definition) is 3. The predicted octanol–water partition coefficient (Wildman–Crippen LogP) is 2.78. The summed E-state index contributed by atoms with van der Waals surface area (Å²) in [6.07, 6.45) is 1.62. The van der Waals surface area contributed by atoms with Gasteiger partial charge < -0.3 is 15.5 Å². The van der Waals surface area contributed by atoms with Crippen molar-refractivity contribution in [1.29, 1.82) is 0 Å². The highest BCUT2D eigenvalue weighted by Crippen LogP contribution is 2.25. The van der Waals surface area contributed by atoms with Crippen molar-refractivity contribution in [2.24, 2.45) is 5.92 Å². The van der Waals surface area contributed by atoms with E-state index in [0.29, 0.717) is 28.8 Å². The fourth-order valence-electron chi connectivity index (χ4n) is 2.62. The van der Waals surface area contributed by atoms with Crippen molar-refractivity contribution < 1.29 is 9.59 Å². The highest BCUT2D eigenvalue weighted by atomic mass is 35.5. The summed E-state index contributed by atoms with van der Waals surface area (Å²) in [5.41, 5.74) is 0.454. The Morgan fingerprint density at radius 3 is 2.83 bits per heavy atom. The fraction of sp³-hybridized carbons (Fsp3) is 0.500. The molecule has 1 heterocycles. The van der Waals surface area contributed by atoms with Crippen LogP contribution in [-0.2, 0) is 9.59 Å². The molecule has 0 saturated carbocycles. The van der Waals surface area contributed by atoms with Crippen LogP contribution in [0.4, 0.5) is 5.69 Å². The molecule has 1 aliphatic heterocycles. The van der Waals surface area contributed by atoms with Crippen LogP contribution in [0, 0.1) is 5.92 Å². The van der Waals surface area contributed by atoms with Crippen LogP contribution in [0.5, 0.6) is 0 Å². The molecule has 23 heavy (non-hydrogen) atoms. The van der Waals surface area contributed by atoms with E-state index in [2.05, 4.69) is 10.6 Å². The first-order chi connectivity index (χ1) is 11.0. The van der Waals surface area contributed by atoms with Crippen LogP contribution in [0.15, 0.2) is 18.2 Å². The Morgan fingerprint density at radius 2 is 2.17 bits per heavy atom. The SMILES string of the molecule is CCCN(CC(=O)Nc1cc(Cl)ccc1Cl)C(=O)C1CCNC1. The second-order valence-electron chi connectivity index (χ2n) is 5.62. The zero-order valence-electron chi connectivity index (χ0n) is 13.1. The Bertz CT molecular complexity index is 574. The van der Waals surface area contributed by atoms with Crippen LogP contribution in [0.3, 0.4) is 0 Å². The molecule has 0 aromatic heterocycles. The molecule has 0 aliphatic carbocycles. The Labute approximate surface area is 146 Å². The van der Waals surface area contributed by atoms with Gasteiger partial charge in [-0.2, -0.15) is 0 Å². The van der Waals surface area contributed by atoms with Crippen molar-refractivity contribution in [2.75, 3.05) is 31.5 Å². The lowest BCUT2D eigenvalue weighted by Crippen LogP contribution is -2.42. The molecule has 1 unspecified atom stereocenters. The summed E-state index contributed by atoms with van der Waals surface area (Å²) in [7, 11) is 0. The maximum atomic E-state index is 12.5. The van der Waals surface area contributed by atoms with Crippen LogP contribution in [0.25, 0.3) is 0 Å². The van der Waals surface area contributed by atoms with E-state index in [4.69, 9.17) is 23.2 Å². The summed E-state index contributed by atoms with van der Waals surface area (Å²) >= 11 is 12.0. The van der Waals surface area contributed by atoms with Gasteiger partial charge in [-0.15, -0.1) is 0 Å². The minimum absolute atomic E-state index is 0.0199. The molecule has 5 nitrogen and oxygen atoms in total. The number of hydrogen-bond donors (Lipinski definition) is 2. The van der Waals surface area contributed by atoms with Crippen LogP contribution in [0.2, 0.25) is 10.0 Å². The first kappa shape index (κ1) is 18.0. The van der Waals surface area contributed by atoms with Gasteiger partial charge in [-0.3, -0.25) is 9.59 Å². The number of benzene rings is 1. The van der Waals surface area contributed by atoms with E-state index in [9.17, 15) is 9.59 Å². The van der Waals surface area contributed by atoms with Crippen molar-refractivity contribution in [1.82, 2.24) is 10.2 Å². The Morgan fingerprint density at radius 1 is 1.39 bits per heavy atom. The molecule has 1 saturated heterocycles. The number of carbonyl (C=O) groups is 2. The van der Waals surface area contributed by atoms with Crippen LogP contribution in [-0.4, -0.2) is 42.9 Å². The molecule has 1 aromatic rings. The molecule has 2 N–H and O–H groups in total. The van der Waals surface area contributed by atoms with Crippen molar-refractivity contribution in [3.8, 4) is 0 Å².